The molecule has 0 saturated heterocycles. The molecule has 280 valence electrons. The molecule has 3 aromatic heterocycles. The summed E-state index contributed by atoms with van der Waals surface area (Å²) in [5.41, 5.74) is 10.9. The lowest BCUT2D eigenvalue weighted by Crippen LogP contribution is -2.02. The summed E-state index contributed by atoms with van der Waals surface area (Å²) in [6, 6.07) is 73.5. The van der Waals surface area contributed by atoms with Crippen LogP contribution in [0.15, 0.2) is 206 Å². The highest BCUT2D eigenvalue weighted by Gasteiger charge is 2.23. The molecule has 0 aliphatic rings. The maximum Gasteiger partial charge on any atom is 0.164 e. The van der Waals surface area contributed by atoms with E-state index in [1.165, 1.54) is 52.8 Å². The first-order chi connectivity index (χ1) is 29.7. The fourth-order valence-electron chi connectivity index (χ4n) is 8.89. The van der Waals surface area contributed by atoms with Crippen LogP contribution < -0.4 is 0 Å². The molecular weight excluding hydrogens is 749 g/mol. The van der Waals surface area contributed by atoms with E-state index in [0.717, 1.165) is 44.5 Å². The highest BCUT2D eigenvalue weighted by atomic mass is 32.1. The van der Waals surface area contributed by atoms with Gasteiger partial charge >= 0.3 is 0 Å². The largest absolute Gasteiger partial charge is 0.309 e. The quantitative estimate of drug-likeness (QED) is 0.169. The van der Waals surface area contributed by atoms with Gasteiger partial charge in [-0.3, -0.25) is 0 Å². The number of fused-ring (bicyclic) bond motifs is 7. The normalized spacial score (nSPS) is 11.7. The Balaban J connectivity index is 1.19. The van der Waals surface area contributed by atoms with Crippen LogP contribution in [0, 0.1) is 0 Å². The summed E-state index contributed by atoms with van der Waals surface area (Å²) in [4.78, 5) is 15.4. The summed E-state index contributed by atoms with van der Waals surface area (Å²) < 4.78 is 5.00. The van der Waals surface area contributed by atoms with Gasteiger partial charge in [0, 0.05) is 53.2 Å². The number of hydrogen-bond acceptors (Lipinski definition) is 4. The minimum Gasteiger partial charge on any atom is -0.309 e. The van der Waals surface area contributed by atoms with E-state index >= 15 is 0 Å². The molecule has 0 fully saturated rings. The van der Waals surface area contributed by atoms with E-state index in [0.29, 0.717) is 17.5 Å². The third-order valence-corrected chi connectivity index (χ3v) is 12.8. The zero-order valence-electron chi connectivity index (χ0n) is 32.3. The van der Waals surface area contributed by atoms with Gasteiger partial charge in [-0.25, -0.2) is 15.0 Å². The molecule has 0 radical (unpaired) electrons. The third kappa shape index (κ3) is 5.63. The smallest absolute Gasteiger partial charge is 0.164 e. The van der Waals surface area contributed by atoms with Crippen molar-refractivity contribution in [2.45, 2.75) is 0 Å². The number of nitrogens with zero attached hydrogens (tertiary/aromatic N) is 4. The SMILES string of the molecule is c1ccc(-c2nc(-c3ccccc3)nc(-c3ccc(-n4c5cc6ccccc6cc5c5c(-c6ccccc6)cccc54)c(-c4cccc5sc6ccccc6c45)c3)n2)cc1. The summed E-state index contributed by atoms with van der Waals surface area (Å²) in [5, 5.41) is 7.37. The lowest BCUT2D eigenvalue weighted by atomic mass is 9.95. The Morgan fingerprint density at radius 2 is 0.900 bits per heavy atom. The summed E-state index contributed by atoms with van der Waals surface area (Å²) >= 11 is 1.84. The first kappa shape index (κ1) is 34.3. The molecule has 0 aliphatic carbocycles. The number of thiophene rings is 1. The maximum atomic E-state index is 5.18. The number of benzene rings is 9. The molecule has 0 atom stereocenters. The van der Waals surface area contributed by atoms with E-state index in [2.05, 4.69) is 174 Å². The maximum absolute atomic E-state index is 5.18. The molecule has 5 heteroatoms. The fraction of sp³-hybridized carbons (Fsp3) is 0. The van der Waals surface area contributed by atoms with Crippen LogP contribution in [0.1, 0.15) is 0 Å². The first-order valence-corrected chi connectivity index (χ1v) is 21.0. The van der Waals surface area contributed by atoms with Gasteiger partial charge in [0.1, 0.15) is 0 Å². The number of rotatable bonds is 6. The van der Waals surface area contributed by atoms with E-state index in [-0.39, 0.29) is 0 Å². The molecule has 4 nitrogen and oxygen atoms in total. The van der Waals surface area contributed by atoms with Crippen LogP contribution in [-0.4, -0.2) is 19.5 Å². The molecule has 0 N–H and O–H groups in total. The van der Waals surface area contributed by atoms with Crippen molar-refractivity contribution in [3.63, 3.8) is 0 Å². The van der Waals surface area contributed by atoms with Gasteiger partial charge in [-0.15, -0.1) is 11.3 Å². The van der Waals surface area contributed by atoms with Gasteiger partial charge in [-0.1, -0.05) is 158 Å². The minimum atomic E-state index is 0.623. The van der Waals surface area contributed by atoms with Crippen molar-refractivity contribution in [1.29, 1.82) is 0 Å². The van der Waals surface area contributed by atoms with Gasteiger partial charge in [0.2, 0.25) is 0 Å². The lowest BCUT2D eigenvalue weighted by Gasteiger charge is -2.17. The van der Waals surface area contributed by atoms with Crippen molar-refractivity contribution in [3.05, 3.63) is 206 Å². The summed E-state index contributed by atoms with van der Waals surface area (Å²) in [7, 11) is 0. The molecule has 9 aromatic carbocycles. The molecule has 3 heterocycles. The molecular formula is C55H34N4S. The zero-order chi connectivity index (χ0) is 39.6. The van der Waals surface area contributed by atoms with Crippen LogP contribution in [0.3, 0.4) is 0 Å². The predicted molar refractivity (Wildman–Crippen MR) is 252 cm³/mol. The number of hydrogen-bond donors (Lipinski definition) is 0. The second-order valence-corrected chi connectivity index (χ2v) is 16.2. The van der Waals surface area contributed by atoms with Crippen molar-refractivity contribution < 1.29 is 0 Å². The molecule has 60 heavy (non-hydrogen) atoms. The van der Waals surface area contributed by atoms with Gasteiger partial charge in [-0.05, 0) is 76.0 Å². The van der Waals surface area contributed by atoms with Gasteiger partial charge in [0.25, 0.3) is 0 Å². The molecule has 0 aliphatic heterocycles. The van der Waals surface area contributed by atoms with E-state index in [1.807, 2.05) is 47.7 Å². The van der Waals surface area contributed by atoms with Crippen molar-refractivity contribution in [2.24, 2.45) is 0 Å². The molecule has 0 unspecified atom stereocenters. The van der Waals surface area contributed by atoms with E-state index < -0.39 is 0 Å². The van der Waals surface area contributed by atoms with Crippen molar-refractivity contribution in [1.82, 2.24) is 19.5 Å². The Morgan fingerprint density at radius 3 is 1.62 bits per heavy atom. The highest BCUT2D eigenvalue weighted by molar-refractivity contribution is 7.25. The Labute approximate surface area is 350 Å². The topological polar surface area (TPSA) is 43.6 Å². The second-order valence-electron chi connectivity index (χ2n) is 15.2. The lowest BCUT2D eigenvalue weighted by molar-refractivity contribution is 1.07. The standard InChI is InChI=1S/C55H34N4S/c1-4-16-35(17-5-1)41-25-14-27-47-51(41)45-32-38-22-10-11-23-39(38)34-48(45)59(47)46-31-30-40(33-44(46)42-26-15-29-50-52(42)43-24-12-13-28-49(43)60-50)55-57-53(36-18-6-2-7-19-36)56-54(58-55)37-20-8-3-9-21-37/h1-34H. The first-order valence-electron chi connectivity index (χ1n) is 20.2. The summed E-state index contributed by atoms with van der Waals surface area (Å²) in [5.74, 6) is 1.90. The average Bonchev–Trinajstić information content (AvgIpc) is 3.87. The zero-order valence-corrected chi connectivity index (χ0v) is 33.1. The van der Waals surface area contributed by atoms with Crippen molar-refractivity contribution >= 4 is 64.1 Å². The Kier molecular flexibility index (Phi) is 8.00. The Morgan fingerprint density at radius 1 is 0.333 bits per heavy atom. The molecule has 0 spiro atoms. The molecule has 0 saturated carbocycles. The molecule has 12 rings (SSSR count). The van der Waals surface area contributed by atoms with E-state index in [9.17, 15) is 0 Å². The van der Waals surface area contributed by atoms with Gasteiger partial charge in [0.15, 0.2) is 17.5 Å². The summed E-state index contributed by atoms with van der Waals surface area (Å²) in [6.07, 6.45) is 0. The van der Waals surface area contributed by atoms with Gasteiger partial charge in [-0.2, -0.15) is 0 Å². The van der Waals surface area contributed by atoms with Crippen LogP contribution in [-0.2, 0) is 0 Å². The number of aromatic nitrogens is 4. The molecule has 0 amide bonds. The summed E-state index contributed by atoms with van der Waals surface area (Å²) in [6.45, 7) is 0. The van der Waals surface area contributed by atoms with Crippen molar-refractivity contribution in [3.8, 4) is 62.1 Å². The molecule has 0 bridgehead atoms. The van der Waals surface area contributed by atoms with Gasteiger partial charge in [0.05, 0.1) is 16.7 Å². The van der Waals surface area contributed by atoms with Crippen LogP contribution in [0.4, 0.5) is 0 Å². The fourth-order valence-corrected chi connectivity index (χ4v) is 10.0. The van der Waals surface area contributed by atoms with Gasteiger partial charge < -0.3 is 4.57 Å². The van der Waals surface area contributed by atoms with Crippen LogP contribution >= 0.6 is 11.3 Å². The van der Waals surface area contributed by atoms with Crippen LogP contribution in [0.2, 0.25) is 0 Å². The Bertz CT molecular complexity index is 3530. The second kappa shape index (κ2) is 14.0. The van der Waals surface area contributed by atoms with E-state index in [4.69, 9.17) is 15.0 Å². The average molecular weight is 783 g/mol. The Hall–Kier alpha value is -7.73. The highest BCUT2D eigenvalue weighted by Crippen LogP contribution is 2.46. The predicted octanol–water partition coefficient (Wildman–Crippen LogP) is 14.8. The van der Waals surface area contributed by atoms with Crippen molar-refractivity contribution in [2.75, 3.05) is 0 Å². The van der Waals surface area contributed by atoms with E-state index in [1.54, 1.807) is 0 Å². The third-order valence-electron chi connectivity index (χ3n) is 11.6. The monoisotopic (exact) mass is 782 g/mol. The van der Waals surface area contributed by atoms with Crippen LogP contribution in [0.5, 0.6) is 0 Å². The molecule has 12 aromatic rings. The minimum absolute atomic E-state index is 0.623. The van der Waals surface area contributed by atoms with Crippen LogP contribution in [0.25, 0.3) is 115 Å².